The normalized spacial score (nSPS) is 23.2. The maximum Gasteiger partial charge on any atom is 0.320 e. The third kappa shape index (κ3) is 3.11. The summed E-state index contributed by atoms with van der Waals surface area (Å²) in [6.07, 6.45) is 0.439. The molecule has 2 atom stereocenters. The van der Waals surface area contributed by atoms with Gasteiger partial charge < -0.3 is 25.1 Å². The van der Waals surface area contributed by atoms with Gasteiger partial charge in [-0.1, -0.05) is 0 Å². The van der Waals surface area contributed by atoms with Crippen molar-refractivity contribution < 1.29 is 24.9 Å². The SMILES string of the molecule is CC1C(C(=O)O)CCN1C(=O)N(CCO)CCO. The molecule has 0 aromatic heterocycles. The number of hydrogen-bond donors (Lipinski definition) is 3. The van der Waals surface area contributed by atoms with Gasteiger partial charge in [0.2, 0.25) is 0 Å². The summed E-state index contributed by atoms with van der Waals surface area (Å²) in [5, 5.41) is 26.7. The third-order valence-corrected chi connectivity index (χ3v) is 3.33. The monoisotopic (exact) mass is 260 g/mol. The molecule has 104 valence electrons. The highest BCUT2D eigenvalue weighted by Crippen LogP contribution is 2.25. The quantitative estimate of drug-likeness (QED) is 0.600. The number of carbonyl (C=O) groups excluding carboxylic acids is 1. The van der Waals surface area contributed by atoms with E-state index >= 15 is 0 Å². The molecule has 18 heavy (non-hydrogen) atoms. The fraction of sp³-hybridized carbons (Fsp3) is 0.818. The number of likely N-dealkylation sites (tertiary alicyclic amines) is 1. The van der Waals surface area contributed by atoms with Crippen molar-refractivity contribution in [2.45, 2.75) is 19.4 Å². The van der Waals surface area contributed by atoms with Gasteiger partial charge >= 0.3 is 12.0 Å². The van der Waals surface area contributed by atoms with Crippen LogP contribution in [-0.2, 0) is 4.79 Å². The van der Waals surface area contributed by atoms with Crippen molar-refractivity contribution in [3.05, 3.63) is 0 Å². The van der Waals surface area contributed by atoms with Crippen LogP contribution in [0.3, 0.4) is 0 Å². The molecule has 1 aliphatic rings. The van der Waals surface area contributed by atoms with E-state index in [9.17, 15) is 9.59 Å². The van der Waals surface area contributed by atoms with Gasteiger partial charge in [-0.05, 0) is 13.3 Å². The highest BCUT2D eigenvalue weighted by atomic mass is 16.4. The van der Waals surface area contributed by atoms with Gasteiger partial charge in [0.25, 0.3) is 0 Å². The van der Waals surface area contributed by atoms with Crippen LogP contribution >= 0.6 is 0 Å². The number of urea groups is 1. The average Bonchev–Trinajstić information content (AvgIpc) is 2.70. The van der Waals surface area contributed by atoms with Crippen molar-refractivity contribution >= 4 is 12.0 Å². The van der Waals surface area contributed by atoms with E-state index < -0.39 is 11.9 Å². The van der Waals surface area contributed by atoms with Crippen molar-refractivity contribution in [3.63, 3.8) is 0 Å². The van der Waals surface area contributed by atoms with Crippen LogP contribution < -0.4 is 0 Å². The van der Waals surface area contributed by atoms with Gasteiger partial charge in [-0.15, -0.1) is 0 Å². The van der Waals surface area contributed by atoms with Crippen LogP contribution in [0.2, 0.25) is 0 Å². The zero-order chi connectivity index (χ0) is 13.7. The zero-order valence-corrected chi connectivity index (χ0v) is 10.4. The number of hydrogen-bond acceptors (Lipinski definition) is 4. The Morgan fingerprint density at radius 3 is 2.22 bits per heavy atom. The summed E-state index contributed by atoms with van der Waals surface area (Å²) in [6, 6.07) is -0.691. The Morgan fingerprint density at radius 2 is 1.83 bits per heavy atom. The van der Waals surface area contributed by atoms with Gasteiger partial charge in [0, 0.05) is 25.7 Å². The number of rotatable bonds is 5. The summed E-state index contributed by atoms with van der Waals surface area (Å²) in [5.74, 6) is -1.44. The lowest BCUT2D eigenvalue weighted by Gasteiger charge is -2.30. The summed E-state index contributed by atoms with van der Waals surface area (Å²) >= 11 is 0. The molecule has 1 saturated heterocycles. The molecule has 3 N–H and O–H groups in total. The lowest BCUT2D eigenvalue weighted by Crippen LogP contribution is -2.48. The minimum absolute atomic E-state index is 0.139. The first-order chi connectivity index (χ1) is 8.52. The first-order valence-electron chi connectivity index (χ1n) is 6.03. The number of carbonyl (C=O) groups is 2. The molecular weight excluding hydrogens is 240 g/mol. The number of aliphatic hydroxyl groups is 2. The van der Waals surface area contributed by atoms with Gasteiger partial charge in [-0.2, -0.15) is 0 Å². The topological polar surface area (TPSA) is 101 Å². The van der Waals surface area contributed by atoms with Crippen molar-refractivity contribution in [2.24, 2.45) is 5.92 Å². The fourth-order valence-corrected chi connectivity index (χ4v) is 2.27. The molecule has 0 aromatic carbocycles. The summed E-state index contributed by atoms with van der Waals surface area (Å²) < 4.78 is 0. The Bertz CT molecular complexity index is 304. The second-order valence-electron chi connectivity index (χ2n) is 4.38. The zero-order valence-electron chi connectivity index (χ0n) is 10.4. The Labute approximate surface area is 106 Å². The van der Waals surface area contributed by atoms with Crippen LogP contribution in [0, 0.1) is 5.92 Å². The standard InChI is InChI=1S/C11H20N2O5/c1-8-9(10(16)17)2-3-13(8)11(18)12(4-6-14)5-7-15/h8-9,14-15H,2-7H2,1H3,(H,16,17). The first-order valence-corrected chi connectivity index (χ1v) is 6.03. The molecule has 0 aromatic rings. The van der Waals surface area contributed by atoms with Gasteiger partial charge in [-0.25, -0.2) is 4.79 Å². The highest BCUT2D eigenvalue weighted by molar-refractivity contribution is 5.78. The Morgan fingerprint density at radius 1 is 1.28 bits per heavy atom. The number of amides is 2. The molecule has 0 radical (unpaired) electrons. The maximum absolute atomic E-state index is 12.1. The lowest BCUT2D eigenvalue weighted by atomic mass is 10.0. The Hall–Kier alpha value is -1.34. The van der Waals surface area contributed by atoms with Crippen molar-refractivity contribution in [3.8, 4) is 0 Å². The van der Waals surface area contributed by atoms with E-state index in [1.165, 1.54) is 9.80 Å². The molecule has 7 heteroatoms. The number of carboxylic acid groups (broad SMARTS) is 1. The minimum atomic E-state index is -0.895. The summed E-state index contributed by atoms with van der Waals surface area (Å²) in [6.45, 7) is 2.01. The molecule has 7 nitrogen and oxygen atoms in total. The van der Waals surface area contributed by atoms with Gasteiger partial charge in [0.1, 0.15) is 0 Å². The fourth-order valence-electron chi connectivity index (χ4n) is 2.27. The average molecular weight is 260 g/mol. The molecule has 0 bridgehead atoms. The number of aliphatic carboxylic acids is 1. The number of nitrogens with zero attached hydrogens (tertiary/aromatic N) is 2. The van der Waals surface area contributed by atoms with Crippen LogP contribution in [0.25, 0.3) is 0 Å². The smallest absolute Gasteiger partial charge is 0.320 e. The molecule has 0 spiro atoms. The molecule has 1 heterocycles. The third-order valence-electron chi connectivity index (χ3n) is 3.33. The number of aliphatic hydroxyl groups excluding tert-OH is 2. The molecule has 0 aliphatic carbocycles. The minimum Gasteiger partial charge on any atom is -0.481 e. The predicted molar refractivity (Wildman–Crippen MR) is 63.1 cm³/mol. The van der Waals surface area contributed by atoms with Crippen LogP contribution in [-0.4, -0.2) is 76.0 Å². The highest BCUT2D eigenvalue weighted by Gasteiger charge is 2.39. The van der Waals surface area contributed by atoms with Crippen molar-refractivity contribution in [2.75, 3.05) is 32.8 Å². The van der Waals surface area contributed by atoms with Crippen molar-refractivity contribution in [1.82, 2.24) is 9.80 Å². The van der Waals surface area contributed by atoms with Crippen molar-refractivity contribution in [1.29, 1.82) is 0 Å². The maximum atomic E-state index is 12.1. The molecule has 1 aliphatic heterocycles. The van der Waals surface area contributed by atoms with E-state index in [-0.39, 0.29) is 38.4 Å². The molecule has 1 fully saturated rings. The molecule has 1 rings (SSSR count). The molecule has 2 amide bonds. The van der Waals surface area contributed by atoms with E-state index in [2.05, 4.69) is 0 Å². The van der Waals surface area contributed by atoms with E-state index in [1.807, 2.05) is 0 Å². The van der Waals surface area contributed by atoms with E-state index in [0.29, 0.717) is 13.0 Å². The van der Waals surface area contributed by atoms with Crippen LogP contribution in [0.4, 0.5) is 4.79 Å². The van der Waals surface area contributed by atoms with E-state index in [1.54, 1.807) is 6.92 Å². The molecule has 2 unspecified atom stereocenters. The van der Waals surface area contributed by atoms with E-state index in [0.717, 1.165) is 0 Å². The summed E-state index contributed by atoms with van der Waals surface area (Å²) in [4.78, 5) is 25.9. The van der Waals surface area contributed by atoms with Gasteiger partial charge in [0.05, 0.1) is 19.1 Å². The largest absolute Gasteiger partial charge is 0.481 e. The molecule has 0 saturated carbocycles. The Kier molecular flexibility index (Phi) is 5.36. The van der Waals surface area contributed by atoms with Crippen LogP contribution in [0.5, 0.6) is 0 Å². The summed E-state index contributed by atoms with van der Waals surface area (Å²) in [5.41, 5.74) is 0. The van der Waals surface area contributed by atoms with Crippen LogP contribution in [0.15, 0.2) is 0 Å². The predicted octanol–water partition coefficient (Wildman–Crippen LogP) is -0.812. The Balaban J connectivity index is 2.68. The number of carboxylic acids is 1. The van der Waals surface area contributed by atoms with Crippen LogP contribution in [0.1, 0.15) is 13.3 Å². The molecular formula is C11H20N2O5. The van der Waals surface area contributed by atoms with E-state index in [4.69, 9.17) is 15.3 Å². The lowest BCUT2D eigenvalue weighted by molar-refractivity contribution is -0.142. The van der Waals surface area contributed by atoms with Gasteiger partial charge in [-0.3, -0.25) is 4.79 Å². The second-order valence-corrected chi connectivity index (χ2v) is 4.38. The first kappa shape index (κ1) is 14.7. The second kappa shape index (κ2) is 6.55. The summed E-state index contributed by atoms with van der Waals surface area (Å²) in [7, 11) is 0. The van der Waals surface area contributed by atoms with Gasteiger partial charge in [0.15, 0.2) is 0 Å².